The summed E-state index contributed by atoms with van der Waals surface area (Å²) in [6, 6.07) is 6.32. The van der Waals surface area contributed by atoms with Crippen LogP contribution in [0.4, 0.5) is 5.69 Å². The van der Waals surface area contributed by atoms with Gasteiger partial charge in [0.2, 0.25) is 5.91 Å². The summed E-state index contributed by atoms with van der Waals surface area (Å²) in [4.78, 5) is 15.5. The molecular weight excluding hydrogens is 258 g/mol. The summed E-state index contributed by atoms with van der Waals surface area (Å²) in [7, 11) is 0. The van der Waals surface area contributed by atoms with Gasteiger partial charge in [0, 0.05) is 10.9 Å². The Balaban J connectivity index is 1.97. The Morgan fingerprint density at radius 1 is 1.26 bits per heavy atom. The Hall–Kier alpha value is -1.00. The molecule has 1 aromatic rings. The molecule has 3 nitrogen and oxygen atoms in total. The highest BCUT2D eigenvalue weighted by molar-refractivity contribution is 8.00. The number of hydrogen-bond donors (Lipinski definition) is 1. The van der Waals surface area contributed by atoms with E-state index in [1.807, 2.05) is 23.1 Å². The molecule has 102 valence electrons. The lowest BCUT2D eigenvalue weighted by Gasteiger charge is -2.38. The first-order valence-electron chi connectivity index (χ1n) is 6.98. The van der Waals surface area contributed by atoms with Crippen LogP contribution < -0.4 is 4.90 Å². The molecule has 1 heterocycles. The molecule has 2 aliphatic rings. The number of benzene rings is 1. The molecule has 1 saturated carbocycles. The molecule has 19 heavy (non-hydrogen) atoms. The molecule has 0 radical (unpaired) electrons. The summed E-state index contributed by atoms with van der Waals surface area (Å²) in [5.74, 6) is 0.765. The fraction of sp³-hybridized carbons (Fsp3) is 0.533. The topological polar surface area (TPSA) is 40.5 Å². The molecule has 0 aromatic heterocycles. The van der Waals surface area contributed by atoms with Crippen LogP contribution in [0.15, 0.2) is 23.1 Å². The van der Waals surface area contributed by atoms with Crippen molar-refractivity contribution in [2.45, 2.75) is 49.6 Å². The second kappa shape index (κ2) is 5.55. The third-order valence-electron chi connectivity index (χ3n) is 4.03. The summed E-state index contributed by atoms with van der Waals surface area (Å²) in [6.45, 7) is 0.0324. The minimum atomic E-state index is 0.0324. The molecule has 0 bridgehead atoms. The van der Waals surface area contributed by atoms with Gasteiger partial charge in [-0.1, -0.05) is 25.3 Å². The average molecular weight is 277 g/mol. The van der Waals surface area contributed by atoms with Gasteiger partial charge >= 0.3 is 0 Å². The van der Waals surface area contributed by atoms with Crippen LogP contribution in [0.5, 0.6) is 0 Å². The zero-order valence-electron chi connectivity index (χ0n) is 11.0. The fourth-order valence-electron chi connectivity index (χ4n) is 3.05. The van der Waals surface area contributed by atoms with Gasteiger partial charge in [-0.05, 0) is 30.5 Å². The Bertz CT molecular complexity index is 483. The van der Waals surface area contributed by atoms with E-state index in [2.05, 4.69) is 0 Å². The Labute approximate surface area is 118 Å². The SMILES string of the molecule is O=C1CSc2ccc(CO)cc2N1C1CCCCC1. The minimum Gasteiger partial charge on any atom is -0.392 e. The van der Waals surface area contributed by atoms with E-state index in [1.54, 1.807) is 11.8 Å². The number of anilines is 1. The largest absolute Gasteiger partial charge is 0.392 e. The van der Waals surface area contributed by atoms with E-state index < -0.39 is 0 Å². The van der Waals surface area contributed by atoms with E-state index in [1.165, 1.54) is 24.2 Å². The van der Waals surface area contributed by atoms with Gasteiger partial charge in [-0.3, -0.25) is 4.79 Å². The first-order chi connectivity index (χ1) is 9.29. The molecule has 1 fully saturated rings. The average Bonchev–Trinajstić information content (AvgIpc) is 2.47. The van der Waals surface area contributed by atoms with Crippen LogP contribution in [-0.2, 0) is 11.4 Å². The van der Waals surface area contributed by atoms with Crippen molar-refractivity contribution in [2.75, 3.05) is 10.7 Å². The zero-order valence-corrected chi connectivity index (χ0v) is 11.8. The Kier molecular flexibility index (Phi) is 3.80. The number of thioether (sulfide) groups is 1. The first-order valence-corrected chi connectivity index (χ1v) is 7.97. The predicted molar refractivity (Wildman–Crippen MR) is 77.4 cm³/mol. The molecule has 1 N–H and O–H groups in total. The summed E-state index contributed by atoms with van der Waals surface area (Å²) < 4.78 is 0. The molecule has 3 rings (SSSR count). The van der Waals surface area contributed by atoms with Crippen molar-refractivity contribution in [2.24, 2.45) is 0 Å². The van der Waals surface area contributed by atoms with Crippen molar-refractivity contribution in [1.82, 2.24) is 0 Å². The number of rotatable bonds is 2. The molecular formula is C15H19NO2S. The summed E-state index contributed by atoms with van der Waals surface area (Å²) in [5, 5.41) is 9.29. The van der Waals surface area contributed by atoms with E-state index in [0.717, 1.165) is 24.1 Å². The van der Waals surface area contributed by atoms with Gasteiger partial charge in [0.15, 0.2) is 0 Å². The molecule has 1 amide bonds. The van der Waals surface area contributed by atoms with E-state index in [0.29, 0.717) is 11.8 Å². The number of amides is 1. The van der Waals surface area contributed by atoms with Crippen molar-refractivity contribution in [3.8, 4) is 0 Å². The van der Waals surface area contributed by atoms with Crippen LogP contribution in [-0.4, -0.2) is 22.8 Å². The van der Waals surface area contributed by atoms with Crippen molar-refractivity contribution in [3.05, 3.63) is 23.8 Å². The molecule has 1 aromatic carbocycles. The van der Waals surface area contributed by atoms with Gasteiger partial charge < -0.3 is 10.0 Å². The zero-order chi connectivity index (χ0) is 13.2. The van der Waals surface area contributed by atoms with Crippen LogP contribution in [0.1, 0.15) is 37.7 Å². The van der Waals surface area contributed by atoms with Crippen molar-refractivity contribution in [3.63, 3.8) is 0 Å². The van der Waals surface area contributed by atoms with Crippen LogP contribution in [0, 0.1) is 0 Å². The summed E-state index contributed by atoms with van der Waals surface area (Å²) in [5.41, 5.74) is 1.90. The summed E-state index contributed by atoms with van der Waals surface area (Å²) >= 11 is 1.61. The third kappa shape index (κ3) is 2.51. The van der Waals surface area contributed by atoms with Gasteiger partial charge in [-0.15, -0.1) is 11.8 Å². The standard InChI is InChI=1S/C15H19NO2S/c17-9-11-6-7-14-13(8-11)16(15(18)10-19-14)12-4-2-1-3-5-12/h6-8,12,17H,1-5,9-10H2. The molecule has 0 saturated heterocycles. The number of fused-ring (bicyclic) bond motifs is 1. The van der Waals surface area contributed by atoms with E-state index in [4.69, 9.17) is 0 Å². The number of carbonyl (C=O) groups is 1. The van der Waals surface area contributed by atoms with Crippen LogP contribution >= 0.6 is 11.8 Å². The van der Waals surface area contributed by atoms with Crippen molar-refractivity contribution >= 4 is 23.4 Å². The summed E-state index contributed by atoms with van der Waals surface area (Å²) in [6.07, 6.45) is 5.95. The normalized spacial score (nSPS) is 20.5. The lowest BCUT2D eigenvalue weighted by Crippen LogP contribution is -2.44. The number of carbonyl (C=O) groups excluding carboxylic acids is 1. The number of aliphatic hydroxyl groups is 1. The quantitative estimate of drug-likeness (QED) is 0.903. The Morgan fingerprint density at radius 3 is 2.79 bits per heavy atom. The van der Waals surface area contributed by atoms with Gasteiger partial charge in [0.1, 0.15) is 0 Å². The van der Waals surface area contributed by atoms with Crippen LogP contribution in [0.3, 0.4) is 0 Å². The van der Waals surface area contributed by atoms with Gasteiger partial charge in [0.25, 0.3) is 0 Å². The van der Waals surface area contributed by atoms with E-state index in [-0.39, 0.29) is 12.5 Å². The maximum absolute atomic E-state index is 12.3. The molecule has 1 aliphatic carbocycles. The Morgan fingerprint density at radius 2 is 2.05 bits per heavy atom. The maximum Gasteiger partial charge on any atom is 0.237 e. The monoisotopic (exact) mass is 277 g/mol. The van der Waals surface area contributed by atoms with Gasteiger partial charge in [-0.2, -0.15) is 0 Å². The third-order valence-corrected chi connectivity index (χ3v) is 5.07. The smallest absolute Gasteiger partial charge is 0.237 e. The second-order valence-electron chi connectivity index (χ2n) is 5.30. The molecule has 0 spiro atoms. The number of nitrogens with zero attached hydrogens (tertiary/aromatic N) is 1. The number of aliphatic hydroxyl groups excluding tert-OH is 1. The lowest BCUT2D eigenvalue weighted by atomic mass is 9.93. The van der Waals surface area contributed by atoms with Crippen LogP contribution in [0.2, 0.25) is 0 Å². The first kappa shape index (κ1) is 13.0. The second-order valence-corrected chi connectivity index (χ2v) is 6.32. The lowest BCUT2D eigenvalue weighted by molar-refractivity contribution is -0.116. The minimum absolute atomic E-state index is 0.0324. The van der Waals surface area contributed by atoms with E-state index in [9.17, 15) is 9.90 Å². The van der Waals surface area contributed by atoms with Crippen LogP contribution in [0.25, 0.3) is 0 Å². The molecule has 0 unspecified atom stereocenters. The van der Waals surface area contributed by atoms with Crippen molar-refractivity contribution in [1.29, 1.82) is 0 Å². The molecule has 1 aliphatic heterocycles. The maximum atomic E-state index is 12.3. The van der Waals surface area contributed by atoms with Gasteiger partial charge in [0.05, 0.1) is 18.0 Å². The fourth-order valence-corrected chi connectivity index (χ4v) is 3.94. The highest BCUT2D eigenvalue weighted by Crippen LogP contribution is 2.39. The highest BCUT2D eigenvalue weighted by Gasteiger charge is 2.31. The molecule has 4 heteroatoms. The highest BCUT2D eigenvalue weighted by atomic mass is 32.2. The predicted octanol–water partition coefficient (Wildman–Crippen LogP) is 2.95. The van der Waals surface area contributed by atoms with E-state index >= 15 is 0 Å². The molecule has 0 atom stereocenters. The van der Waals surface area contributed by atoms with Crippen molar-refractivity contribution < 1.29 is 9.90 Å². The van der Waals surface area contributed by atoms with Gasteiger partial charge in [-0.25, -0.2) is 0 Å². The number of hydrogen-bond acceptors (Lipinski definition) is 3.